The van der Waals surface area contributed by atoms with E-state index in [1.807, 2.05) is 0 Å². The molecule has 1 amide bonds. The van der Waals surface area contributed by atoms with Crippen LogP contribution < -0.4 is 4.90 Å². The first kappa shape index (κ1) is 17.7. The van der Waals surface area contributed by atoms with E-state index in [9.17, 15) is 13.6 Å². The molecule has 1 unspecified atom stereocenters. The summed E-state index contributed by atoms with van der Waals surface area (Å²) in [7, 11) is 0. The van der Waals surface area contributed by atoms with Crippen LogP contribution in [-0.4, -0.2) is 28.4 Å². The molecule has 0 radical (unpaired) electrons. The minimum atomic E-state index is -0.895. The van der Waals surface area contributed by atoms with E-state index in [1.165, 1.54) is 12.1 Å². The van der Waals surface area contributed by atoms with Crippen LogP contribution in [0.5, 0.6) is 0 Å². The molecule has 0 bridgehead atoms. The number of aromatic nitrogens is 2. The first-order valence-corrected chi connectivity index (χ1v) is 8.17. The van der Waals surface area contributed by atoms with Crippen LogP contribution in [0.1, 0.15) is 24.3 Å². The highest BCUT2D eigenvalue weighted by Gasteiger charge is 2.29. The molecule has 1 aromatic carbocycles. The Morgan fingerprint density at radius 3 is 2.81 bits per heavy atom. The van der Waals surface area contributed by atoms with Crippen molar-refractivity contribution in [3.63, 3.8) is 0 Å². The van der Waals surface area contributed by atoms with Gasteiger partial charge in [-0.25, -0.2) is 13.5 Å². The van der Waals surface area contributed by atoms with Gasteiger partial charge < -0.3 is 10.3 Å². The number of carbonyl (C=O) groups excluding carboxylic acids is 1. The maximum atomic E-state index is 13.4. The topological polar surface area (TPSA) is 62.0 Å². The minimum Gasteiger partial charge on any atom is -0.309 e. The highest BCUT2D eigenvalue weighted by molar-refractivity contribution is 5.94. The molecule has 1 atom stereocenters. The Morgan fingerprint density at radius 2 is 2.15 bits per heavy atom. The lowest BCUT2D eigenvalue weighted by molar-refractivity contribution is -0.119. The third kappa shape index (κ3) is 3.46. The summed E-state index contributed by atoms with van der Waals surface area (Å²) in [5.74, 6) is -2.01. The second-order valence-corrected chi connectivity index (χ2v) is 6.01. The normalized spacial score (nSPS) is 18.1. The number of amides is 1. The highest BCUT2D eigenvalue weighted by Crippen LogP contribution is 2.32. The molecule has 7 heteroatoms. The maximum Gasteiger partial charge on any atom is 0.227 e. The summed E-state index contributed by atoms with van der Waals surface area (Å²) in [6.07, 6.45) is 8.40. The zero-order valence-corrected chi connectivity index (χ0v) is 14.0. The number of nitrogens with one attached hydrogen (secondary N) is 1. The average molecular weight is 356 g/mol. The van der Waals surface area contributed by atoms with E-state index < -0.39 is 11.6 Å². The van der Waals surface area contributed by atoms with Crippen LogP contribution in [0.3, 0.4) is 0 Å². The summed E-state index contributed by atoms with van der Waals surface area (Å²) >= 11 is 0. The number of nitrogens with zero attached hydrogens (tertiary/aromatic N) is 3. The lowest BCUT2D eigenvalue weighted by Crippen LogP contribution is -2.38. The standard InChI is InChI=1S/C19H18F2N4O/c1-2-15(5-7-22)25-12-16(11-23-25)24-8-6-14(10-19(24)26)13-3-4-17(20)18(21)9-13/h2-5,7,9,11-12,14,22H,1,6,8,10H2/b15-5+,22-7?. The summed E-state index contributed by atoms with van der Waals surface area (Å²) in [5, 5.41) is 11.4. The number of piperidine rings is 1. The van der Waals surface area contributed by atoms with E-state index in [0.717, 1.165) is 12.3 Å². The Bertz CT molecular complexity index is 887. The van der Waals surface area contributed by atoms with Gasteiger partial charge in [0.2, 0.25) is 5.91 Å². The van der Waals surface area contributed by atoms with Crippen molar-refractivity contribution in [1.29, 1.82) is 5.41 Å². The van der Waals surface area contributed by atoms with Crippen molar-refractivity contribution < 1.29 is 13.6 Å². The zero-order valence-electron chi connectivity index (χ0n) is 14.0. The molecular formula is C19H18F2N4O. The van der Waals surface area contributed by atoms with Crippen LogP contribution in [0.4, 0.5) is 14.5 Å². The lowest BCUT2D eigenvalue weighted by atomic mass is 9.89. The average Bonchev–Trinajstić information content (AvgIpc) is 3.11. The fraction of sp³-hybridized carbons (Fsp3) is 0.211. The van der Waals surface area contributed by atoms with Gasteiger partial charge in [0.15, 0.2) is 11.6 Å². The minimum absolute atomic E-state index is 0.0956. The van der Waals surface area contributed by atoms with Crippen LogP contribution >= 0.6 is 0 Å². The largest absolute Gasteiger partial charge is 0.309 e. The van der Waals surface area contributed by atoms with E-state index in [1.54, 1.807) is 34.1 Å². The molecule has 134 valence electrons. The molecule has 0 saturated carbocycles. The molecule has 1 aromatic heterocycles. The Balaban J connectivity index is 1.75. The van der Waals surface area contributed by atoms with Crippen molar-refractivity contribution >= 4 is 23.5 Å². The van der Waals surface area contributed by atoms with Crippen molar-refractivity contribution in [2.45, 2.75) is 18.8 Å². The first-order valence-electron chi connectivity index (χ1n) is 8.17. The van der Waals surface area contributed by atoms with E-state index >= 15 is 0 Å². The van der Waals surface area contributed by atoms with Gasteiger partial charge >= 0.3 is 0 Å². The third-order valence-corrected chi connectivity index (χ3v) is 4.45. The molecule has 5 nitrogen and oxygen atoms in total. The Labute approximate surface area is 149 Å². The predicted molar refractivity (Wildman–Crippen MR) is 96.2 cm³/mol. The summed E-state index contributed by atoms with van der Waals surface area (Å²) in [6, 6.07) is 3.79. The molecule has 1 aliphatic heterocycles. The highest BCUT2D eigenvalue weighted by atomic mass is 19.2. The fourth-order valence-corrected chi connectivity index (χ4v) is 3.07. The van der Waals surface area contributed by atoms with Gasteiger partial charge in [-0.1, -0.05) is 12.6 Å². The van der Waals surface area contributed by atoms with Gasteiger partial charge in [-0.3, -0.25) is 4.79 Å². The van der Waals surface area contributed by atoms with E-state index in [2.05, 4.69) is 11.7 Å². The van der Waals surface area contributed by atoms with E-state index in [-0.39, 0.29) is 18.2 Å². The molecule has 2 aromatic rings. The van der Waals surface area contributed by atoms with Crippen molar-refractivity contribution in [3.8, 4) is 0 Å². The van der Waals surface area contributed by atoms with Crippen LogP contribution in [0, 0.1) is 17.0 Å². The van der Waals surface area contributed by atoms with Crippen molar-refractivity contribution in [1.82, 2.24) is 9.78 Å². The molecule has 0 spiro atoms. The van der Waals surface area contributed by atoms with E-state index in [4.69, 9.17) is 5.41 Å². The molecule has 26 heavy (non-hydrogen) atoms. The van der Waals surface area contributed by atoms with Gasteiger partial charge in [0.05, 0.1) is 23.8 Å². The summed E-state index contributed by atoms with van der Waals surface area (Å²) in [6.45, 7) is 4.14. The Morgan fingerprint density at radius 1 is 1.35 bits per heavy atom. The van der Waals surface area contributed by atoms with Crippen LogP contribution in [0.25, 0.3) is 5.70 Å². The lowest BCUT2D eigenvalue weighted by Gasteiger charge is -2.31. The van der Waals surface area contributed by atoms with Crippen molar-refractivity contribution in [2.24, 2.45) is 0 Å². The number of rotatable bonds is 5. The quantitative estimate of drug-likeness (QED) is 0.655. The van der Waals surface area contributed by atoms with Gasteiger partial charge in [0.1, 0.15) is 0 Å². The van der Waals surface area contributed by atoms with E-state index in [0.29, 0.717) is 29.9 Å². The van der Waals surface area contributed by atoms with Gasteiger partial charge in [-0.2, -0.15) is 5.10 Å². The maximum absolute atomic E-state index is 13.4. The second-order valence-electron chi connectivity index (χ2n) is 6.01. The van der Waals surface area contributed by atoms with Gasteiger partial charge in [-0.05, 0) is 42.2 Å². The second kappa shape index (κ2) is 7.43. The third-order valence-electron chi connectivity index (χ3n) is 4.45. The SMILES string of the molecule is C=C/C(=C\C=N)n1cc(N2CCC(c3ccc(F)c(F)c3)CC2=O)cn1. The summed E-state index contributed by atoms with van der Waals surface area (Å²) < 4.78 is 28.1. The molecule has 0 aliphatic carbocycles. The number of anilines is 1. The van der Waals surface area contributed by atoms with Crippen molar-refractivity contribution in [2.75, 3.05) is 11.4 Å². The number of allylic oxidation sites excluding steroid dienone is 3. The van der Waals surface area contributed by atoms with Gasteiger partial charge in [-0.15, -0.1) is 0 Å². The predicted octanol–water partition coefficient (Wildman–Crippen LogP) is 3.75. The number of hydrogen-bond donors (Lipinski definition) is 1. The Kier molecular flexibility index (Phi) is 5.06. The molecule has 1 fully saturated rings. The van der Waals surface area contributed by atoms with Gasteiger partial charge in [0, 0.05) is 19.2 Å². The Hall–Kier alpha value is -3.09. The smallest absolute Gasteiger partial charge is 0.227 e. The molecule has 2 heterocycles. The first-order chi connectivity index (χ1) is 12.5. The number of hydrogen-bond acceptors (Lipinski definition) is 3. The zero-order chi connectivity index (χ0) is 18.7. The van der Waals surface area contributed by atoms with Crippen LogP contribution in [0.15, 0.2) is 49.3 Å². The summed E-state index contributed by atoms with van der Waals surface area (Å²) in [4.78, 5) is 14.2. The number of halogens is 2. The number of benzene rings is 1. The van der Waals surface area contributed by atoms with Gasteiger partial charge in [0.25, 0.3) is 0 Å². The molecule has 1 N–H and O–H groups in total. The molecule has 1 aliphatic rings. The monoisotopic (exact) mass is 356 g/mol. The molecule has 1 saturated heterocycles. The number of carbonyl (C=O) groups is 1. The molecular weight excluding hydrogens is 338 g/mol. The fourth-order valence-electron chi connectivity index (χ4n) is 3.07. The summed E-state index contributed by atoms with van der Waals surface area (Å²) in [5.41, 5.74) is 1.90. The van der Waals surface area contributed by atoms with Crippen LogP contribution in [0.2, 0.25) is 0 Å². The van der Waals surface area contributed by atoms with Crippen LogP contribution in [-0.2, 0) is 4.79 Å². The van der Waals surface area contributed by atoms with Crippen molar-refractivity contribution in [3.05, 3.63) is 66.5 Å². The molecule has 3 rings (SSSR count).